The number of aliphatic carboxylic acids is 1. The third-order valence-corrected chi connectivity index (χ3v) is 5.70. The summed E-state index contributed by atoms with van der Waals surface area (Å²) in [5.41, 5.74) is -0.560. The van der Waals surface area contributed by atoms with E-state index in [1.165, 1.54) is 10.8 Å². The summed E-state index contributed by atoms with van der Waals surface area (Å²) in [6, 6.07) is -0.188. The van der Waals surface area contributed by atoms with Gasteiger partial charge in [0.15, 0.2) is 0 Å². The molecule has 1 saturated carbocycles. The second-order valence-corrected chi connectivity index (χ2v) is 9.63. The Labute approximate surface area is 156 Å². The van der Waals surface area contributed by atoms with Gasteiger partial charge in [0.1, 0.15) is 5.60 Å². The van der Waals surface area contributed by atoms with Crippen LogP contribution in [0, 0.1) is 5.92 Å². The predicted octanol–water partition coefficient (Wildman–Crippen LogP) is 2.65. The summed E-state index contributed by atoms with van der Waals surface area (Å²) in [5, 5.41) is 14.2. The van der Waals surface area contributed by atoms with Gasteiger partial charge in [0.05, 0.1) is 6.42 Å². The first-order valence-corrected chi connectivity index (χ1v) is 10.9. The minimum atomic E-state index is -0.801. The summed E-state index contributed by atoms with van der Waals surface area (Å²) in [4.78, 5) is 34.3. The number of carboxylic acids is 1. The molecule has 0 aromatic heterocycles. The average molecular weight is 393 g/mol. The maximum Gasteiger partial charge on any atom is 0.407 e. The van der Waals surface area contributed by atoms with Crippen molar-refractivity contribution < 1.29 is 24.2 Å². The molecule has 0 heterocycles. The van der Waals surface area contributed by atoms with Crippen LogP contribution < -0.4 is 10.6 Å². The Hall–Kier alpha value is -1.09. The second kappa shape index (κ2) is 10.8. The molecule has 0 aromatic rings. The van der Waals surface area contributed by atoms with Gasteiger partial charge in [-0.15, -0.1) is 0 Å². The van der Waals surface area contributed by atoms with E-state index in [0.29, 0.717) is 24.0 Å². The molecule has 144 valence electrons. The molecule has 25 heavy (non-hydrogen) atoms. The topological polar surface area (TPSA) is 105 Å². The van der Waals surface area contributed by atoms with Gasteiger partial charge in [-0.05, 0) is 39.5 Å². The van der Waals surface area contributed by atoms with Gasteiger partial charge in [-0.3, -0.25) is 9.59 Å². The van der Waals surface area contributed by atoms with Crippen LogP contribution in [0.25, 0.3) is 0 Å². The van der Waals surface area contributed by atoms with E-state index in [9.17, 15) is 14.4 Å². The zero-order chi connectivity index (χ0) is 18.9. The first kappa shape index (κ1) is 22.0. The Bertz CT molecular complexity index is 464. The van der Waals surface area contributed by atoms with Gasteiger partial charge in [-0.2, -0.15) is 0 Å². The minimum absolute atomic E-state index is 0.0934. The van der Waals surface area contributed by atoms with E-state index in [2.05, 4.69) is 10.6 Å². The van der Waals surface area contributed by atoms with Gasteiger partial charge in [0, 0.05) is 30.5 Å². The lowest BCUT2D eigenvalue weighted by atomic mass is 10.1. The number of carboxylic acid groups (broad SMARTS) is 1. The summed E-state index contributed by atoms with van der Waals surface area (Å²) in [6.07, 6.45) is 1.94. The van der Waals surface area contributed by atoms with Crippen molar-refractivity contribution in [3.63, 3.8) is 0 Å². The van der Waals surface area contributed by atoms with Crippen molar-refractivity contribution >= 4 is 39.6 Å². The van der Waals surface area contributed by atoms with E-state index in [1.807, 2.05) is 0 Å². The van der Waals surface area contributed by atoms with Crippen LogP contribution in [0.1, 0.15) is 46.5 Å². The number of nitrogens with one attached hydrogen (secondary N) is 2. The molecule has 0 bridgehead atoms. The first-order valence-electron chi connectivity index (χ1n) is 8.40. The number of ether oxygens (including phenoxy) is 1. The third-order valence-electron chi connectivity index (χ3n) is 3.29. The number of carbonyl (C=O) groups excluding carboxylic acids is 2. The molecule has 9 heteroatoms. The second-order valence-electron chi connectivity index (χ2n) is 6.93. The summed E-state index contributed by atoms with van der Waals surface area (Å²) >= 11 is 0. The van der Waals surface area contributed by atoms with Crippen LogP contribution in [0.3, 0.4) is 0 Å². The van der Waals surface area contributed by atoms with Crippen LogP contribution in [-0.4, -0.2) is 52.8 Å². The van der Waals surface area contributed by atoms with Crippen LogP contribution in [-0.2, 0) is 14.3 Å². The standard InChI is InChI=1S/C16H28N2O5S2/c1-16(2,3)23-15(22)18-12(11-4-5-11)10-13(19)17-7-9-25-24-8-6-14(20)21/h11-12H,4-10H2,1-3H3,(H,17,19)(H,18,22)(H,20,21). The lowest BCUT2D eigenvalue weighted by molar-refractivity contribution is -0.136. The van der Waals surface area contributed by atoms with Gasteiger partial charge in [-0.25, -0.2) is 4.79 Å². The van der Waals surface area contributed by atoms with Gasteiger partial charge in [0.2, 0.25) is 5.91 Å². The summed E-state index contributed by atoms with van der Waals surface area (Å²) in [5.74, 6) is 0.717. The molecule has 1 rings (SSSR count). The highest BCUT2D eigenvalue weighted by Crippen LogP contribution is 2.34. The van der Waals surface area contributed by atoms with Crippen LogP contribution >= 0.6 is 21.6 Å². The number of amides is 2. The molecular weight excluding hydrogens is 364 g/mol. The fraction of sp³-hybridized carbons (Fsp3) is 0.812. The van der Waals surface area contributed by atoms with E-state index < -0.39 is 17.7 Å². The maximum absolute atomic E-state index is 12.0. The zero-order valence-electron chi connectivity index (χ0n) is 15.0. The molecule has 1 atom stereocenters. The Balaban J connectivity index is 2.19. The molecule has 0 aliphatic heterocycles. The fourth-order valence-electron chi connectivity index (χ4n) is 2.04. The normalized spacial score (nSPS) is 15.3. The number of alkyl carbamates (subject to hydrolysis) is 1. The van der Waals surface area contributed by atoms with Crippen LogP contribution in [0.15, 0.2) is 0 Å². The van der Waals surface area contributed by atoms with Crippen molar-refractivity contribution in [1.82, 2.24) is 10.6 Å². The van der Waals surface area contributed by atoms with Gasteiger partial charge >= 0.3 is 12.1 Å². The lowest BCUT2D eigenvalue weighted by Gasteiger charge is -2.23. The highest BCUT2D eigenvalue weighted by molar-refractivity contribution is 8.76. The fourth-order valence-corrected chi connectivity index (χ4v) is 3.93. The predicted molar refractivity (Wildman–Crippen MR) is 101 cm³/mol. The van der Waals surface area contributed by atoms with Crippen LogP contribution in [0.5, 0.6) is 0 Å². The zero-order valence-corrected chi connectivity index (χ0v) is 16.6. The molecule has 0 saturated heterocycles. The number of carbonyl (C=O) groups is 3. The molecule has 0 radical (unpaired) electrons. The Kier molecular flexibility index (Phi) is 9.48. The lowest BCUT2D eigenvalue weighted by Crippen LogP contribution is -2.43. The molecule has 1 fully saturated rings. The SMILES string of the molecule is CC(C)(C)OC(=O)NC(CC(=O)NCCSSCCC(=O)O)C1CC1. The van der Waals surface area contributed by atoms with Crippen LogP contribution in [0.2, 0.25) is 0 Å². The molecule has 1 unspecified atom stereocenters. The number of rotatable bonds is 11. The summed E-state index contributed by atoms with van der Waals surface area (Å²) in [7, 11) is 3.03. The van der Waals surface area contributed by atoms with Gasteiger partial charge in [0.25, 0.3) is 0 Å². The van der Waals surface area contributed by atoms with Crippen molar-refractivity contribution in [2.75, 3.05) is 18.1 Å². The first-order chi connectivity index (χ1) is 11.7. The molecule has 7 nitrogen and oxygen atoms in total. The molecule has 0 aromatic carbocycles. The molecule has 3 N–H and O–H groups in total. The average Bonchev–Trinajstić information content (AvgIpc) is 3.27. The third kappa shape index (κ3) is 12.0. The molecule has 2 amide bonds. The van der Waals surface area contributed by atoms with E-state index in [4.69, 9.17) is 9.84 Å². The number of hydrogen-bond donors (Lipinski definition) is 3. The Morgan fingerprint density at radius 3 is 2.40 bits per heavy atom. The van der Waals surface area contributed by atoms with Crippen molar-refractivity contribution in [1.29, 1.82) is 0 Å². The van der Waals surface area contributed by atoms with Gasteiger partial charge < -0.3 is 20.5 Å². The molecule has 1 aliphatic carbocycles. The van der Waals surface area contributed by atoms with Crippen molar-refractivity contribution in [2.24, 2.45) is 5.92 Å². The summed E-state index contributed by atoms with van der Waals surface area (Å²) < 4.78 is 5.25. The summed E-state index contributed by atoms with van der Waals surface area (Å²) in [6.45, 7) is 5.93. The highest BCUT2D eigenvalue weighted by Gasteiger charge is 2.34. The van der Waals surface area contributed by atoms with Crippen molar-refractivity contribution in [3.8, 4) is 0 Å². The van der Waals surface area contributed by atoms with E-state index in [1.54, 1.807) is 31.6 Å². The smallest absolute Gasteiger partial charge is 0.407 e. The quantitative estimate of drug-likeness (QED) is 0.367. The molecule has 0 spiro atoms. The Morgan fingerprint density at radius 2 is 1.84 bits per heavy atom. The van der Waals surface area contributed by atoms with E-state index in [-0.39, 0.29) is 24.8 Å². The van der Waals surface area contributed by atoms with E-state index >= 15 is 0 Å². The van der Waals surface area contributed by atoms with Crippen LogP contribution in [0.4, 0.5) is 4.79 Å². The monoisotopic (exact) mass is 392 g/mol. The number of hydrogen-bond acceptors (Lipinski definition) is 6. The molecular formula is C16H28N2O5S2. The minimum Gasteiger partial charge on any atom is -0.481 e. The largest absolute Gasteiger partial charge is 0.481 e. The van der Waals surface area contributed by atoms with E-state index in [0.717, 1.165) is 12.8 Å². The molecule has 1 aliphatic rings. The highest BCUT2D eigenvalue weighted by atomic mass is 33.1. The maximum atomic E-state index is 12.0. The van der Waals surface area contributed by atoms with Crippen molar-refractivity contribution in [3.05, 3.63) is 0 Å². The van der Waals surface area contributed by atoms with Crippen molar-refractivity contribution in [2.45, 2.75) is 58.1 Å². The Morgan fingerprint density at radius 1 is 1.20 bits per heavy atom. The van der Waals surface area contributed by atoms with Gasteiger partial charge in [-0.1, -0.05) is 21.6 Å².